The highest BCUT2D eigenvalue weighted by Crippen LogP contribution is 2.14. The highest BCUT2D eigenvalue weighted by molar-refractivity contribution is 5.85. The molecule has 22 heavy (non-hydrogen) atoms. The van der Waals surface area contributed by atoms with Gasteiger partial charge >= 0.3 is 0 Å². The van der Waals surface area contributed by atoms with Gasteiger partial charge in [0, 0.05) is 19.0 Å². The molecule has 0 aliphatic carbocycles. The van der Waals surface area contributed by atoms with Crippen molar-refractivity contribution in [2.75, 3.05) is 13.2 Å². The van der Waals surface area contributed by atoms with Gasteiger partial charge in [-0.2, -0.15) is 0 Å². The summed E-state index contributed by atoms with van der Waals surface area (Å²) in [5, 5.41) is 6.33. The van der Waals surface area contributed by atoms with Crippen LogP contribution in [0.5, 0.6) is 5.75 Å². The van der Waals surface area contributed by atoms with Crippen LogP contribution in [0.3, 0.4) is 0 Å². The SMILES string of the molecule is CCCCOc1cccc(CNC(=O)CC2CCCN2)c1.Cl. The Morgan fingerprint density at radius 1 is 1.45 bits per heavy atom. The van der Waals surface area contributed by atoms with Gasteiger partial charge in [0.1, 0.15) is 5.75 Å². The van der Waals surface area contributed by atoms with Crippen LogP contribution in [0.15, 0.2) is 24.3 Å². The molecule has 1 aliphatic heterocycles. The zero-order valence-corrected chi connectivity index (χ0v) is 14.1. The Balaban J connectivity index is 0.00000242. The Morgan fingerprint density at radius 2 is 2.32 bits per heavy atom. The molecular weight excluding hydrogens is 300 g/mol. The summed E-state index contributed by atoms with van der Waals surface area (Å²) in [4.78, 5) is 11.9. The van der Waals surface area contributed by atoms with Crippen molar-refractivity contribution in [3.8, 4) is 5.75 Å². The van der Waals surface area contributed by atoms with E-state index < -0.39 is 0 Å². The molecule has 1 heterocycles. The van der Waals surface area contributed by atoms with Gasteiger partial charge in [0.25, 0.3) is 0 Å². The smallest absolute Gasteiger partial charge is 0.221 e. The molecule has 0 bridgehead atoms. The minimum Gasteiger partial charge on any atom is -0.494 e. The van der Waals surface area contributed by atoms with E-state index in [0.29, 0.717) is 19.0 Å². The molecule has 1 saturated heterocycles. The van der Waals surface area contributed by atoms with E-state index in [1.54, 1.807) is 0 Å². The summed E-state index contributed by atoms with van der Waals surface area (Å²) >= 11 is 0. The molecule has 124 valence electrons. The van der Waals surface area contributed by atoms with Gasteiger partial charge in [0.15, 0.2) is 0 Å². The number of nitrogens with one attached hydrogen (secondary N) is 2. The van der Waals surface area contributed by atoms with Crippen LogP contribution < -0.4 is 15.4 Å². The number of halogens is 1. The van der Waals surface area contributed by atoms with Crippen molar-refractivity contribution in [1.82, 2.24) is 10.6 Å². The summed E-state index contributed by atoms with van der Waals surface area (Å²) in [5.41, 5.74) is 1.08. The summed E-state index contributed by atoms with van der Waals surface area (Å²) in [6, 6.07) is 8.31. The number of ether oxygens (including phenoxy) is 1. The normalized spacial score (nSPS) is 16.9. The second-order valence-corrected chi connectivity index (χ2v) is 5.62. The van der Waals surface area contributed by atoms with Gasteiger partial charge in [-0.1, -0.05) is 25.5 Å². The quantitative estimate of drug-likeness (QED) is 0.722. The molecule has 1 amide bonds. The highest BCUT2D eigenvalue weighted by Gasteiger charge is 2.17. The molecule has 1 aromatic carbocycles. The number of carbonyl (C=O) groups excluding carboxylic acids is 1. The van der Waals surface area contributed by atoms with E-state index in [-0.39, 0.29) is 18.3 Å². The molecule has 0 spiro atoms. The van der Waals surface area contributed by atoms with Crippen LogP contribution in [0.1, 0.15) is 44.6 Å². The summed E-state index contributed by atoms with van der Waals surface area (Å²) in [7, 11) is 0. The first kappa shape index (κ1) is 18.8. The van der Waals surface area contributed by atoms with Crippen LogP contribution in [0.4, 0.5) is 0 Å². The van der Waals surface area contributed by atoms with Crippen LogP contribution in [-0.4, -0.2) is 25.1 Å². The molecule has 1 fully saturated rings. The fourth-order valence-corrected chi connectivity index (χ4v) is 2.51. The van der Waals surface area contributed by atoms with Gasteiger partial charge in [0.2, 0.25) is 5.91 Å². The summed E-state index contributed by atoms with van der Waals surface area (Å²) < 4.78 is 5.68. The van der Waals surface area contributed by atoms with Crippen molar-refractivity contribution in [3.05, 3.63) is 29.8 Å². The van der Waals surface area contributed by atoms with E-state index in [9.17, 15) is 4.79 Å². The number of carbonyl (C=O) groups is 1. The maximum absolute atomic E-state index is 11.9. The van der Waals surface area contributed by atoms with Crippen LogP contribution in [0.25, 0.3) is 0 Å². The average Bonchev–Trinajstić information content (AvgIpc) is 2.99. The molecule has 0 saturated carbocycles. The number of hydrogen-bond acceptors (Lipinski definition) is 3. The molecule has 2 N–H and O–H groups in total. The highest BCUT2D eigenvalue weighted by atomic mass is 35.5. The van der Waals surface area contributed by atoms with Crippen LogP contribution in [-0.2, 0) is 11.3 Å². The number of unbranched alkanes of at least 4 members (excludes halogenated alkanes) is 1. The van der Waals surface area contributed by atoms with Crippen molar-refractivity contribution in [1.29, 1.82) is 0 Å². The van der Waals surface area contributed by atoms with Crippen molar-refractivity contribution < 1.29 is 9.53 Å². The van der Waals surface area contributed by atoms with Crippen LogP contribution in [0.2, 0.25) is 0 Å². The molecule has 0 radical (unpaired) electrons. The summed E-state index contributed by atoms with van der Waals surface area (Å²) in [5.74, 6) is 0.999. The monoisotopic (exact) mass is 326 g/mol. The van der Waals surface area contributed by atoms with Crippen molar-refractivity contribution in [2.45, 2.75) is 51.6 Å². The lowest BCUT2D eigenvalue weighted by atomic mass is 10.1. The third kappa shape index (κ3) is 6.67. The zero-order chi connectivity index (χ0) is 14.9. The van der Waals surface area contributed by atoms with Crippen molar-refractivity contribution in [3.63, 3.8) is 0 Å². The first-order valence-electron chi connectivity index (χ1n) is 7.99. The lowest BCUT2D eigenvalue weighted by Gasteiger charge is -2.11. The first-order valence-corrected chi connectivity index (χ1v) is 7.99. The number of rotatable bonds is 8. The van der Waals surface area contributed by atoms with Crippen molar-refractivity contribution in [2.24, 2.45) is 0 Å². The maximum atomic E-state index is 11.9. The molecule has 5 heteroatoms. The van der Waals surface area contributed by atoms with E-state index in [0.717, 1.165) is 43.7 Å². The molecular formula is C17H27ClN2O2. The van der Waals surface area contributed by atoms with E-state index >= 15 is 0 Å². The average molecular weight is 327 g/mol. The Bertz CT molecular complexity index is 448. The minimum absolute atomic E-state index is 0. The van der Waals surface area contributed by atoms with Gasteiger partial charge in [-0.05, 0) is 43.5 Å². The Labute approximate surface area is 139 Å². The minimum atomic E-state index is 0. The van der Waals surface area contributed by atoms with Gasteiger partial charge in [-0.15, -0.1) is 12.4 Å². The van der Waals surface area contributed by atoms with E-state index in [4.69, 9.17) is 4.74 Å². The van der Waals surface area contributed by atoms with Gasteiger partial charge in [-0.25, -0.2) is 0 Å². The summed E-state index contributed by atoms with van der Waals surface area (Å²) in [6.07, 6.45) is 5.05. The Morgan fingerprint density at radius 3 is 3.05 bits per heavy atom. The van der Waals surface area contributed by atoms with E-state index in [1.165, 1.54) is 6.42 Å². The molecule has 4 nitrogen and oxygen atoms in total. The maximum Gasteiger partial charge on any atom is 0.221 e. The van der Waals surface area contributed by atoms with Gasteiger partial charge < -0.3 is 15.4 Å². The predicted molar refractivity (Wildman–Crippen MR) is 91.6 cm³/mol. The van der Waals surface area contributed by atoms with Crippen molar-refractivity contribution >= 4 is 18.3 Å². The number of benzene rings is 1. The van der Waals surface area contributed by atoms with E-state index in [2.05, 4.69) is 17.6 Å². The molecule has 1 aliphatic rings. The fourth-order valence-electron chi connectivity index (χ4n) is 2.51. The lowest BCUT2D eigenvalue weighted by Crippen LogP contribution is -2.31. The van der Waals surface area contributed by atoms with Crippen LogP contribution in [0, 0.1) is 0 Å². The second kappa shape index (κ2) is 10.5. The number of amides is 1. The largest absolute Gasteiger partial charge is 0.494 e. The molecule has 2 rings (SSSR count). The Kier molecular flexibility index (Phi) is 8.94. The first-order chi connectivity index (χ1) is 10.3. The van der Waals surface area contributed by atoms with Gasteiger partial charge in [-0.3, -0.25) is 4.79 Å². The second-order valence-electron chi connectivity index (χ2n) is 5.62. The standard InChI is InChI=1S/C17H26N2O2.ClH/c1-2-3-10-21-16-8-4-6-14(11-16)13-19-17(20)12-15-7-5-9-18-15;/h4,6,8,11,15,18H,2-3,5,7,9-10,12-13H2,1H3,(H,19,20);1H. The molecule has 1 atom stereocenters. The van der Waals surface area contributed by atoms with Crippen LogP contribution >= 0.6 is 12.4 Å². The fraction of sp³-hybridized carbons (Fsp3) is 0.588. The van der Waals surface area contributed by atoms with Gasteiger partial charge in [0.05, 0.1) is 6.61 Å². The predicted octanol–water partition coefficient (Wildman–Crippen LogP) is 3.05. The zero-order valence-electron chi connectivity index (χ0n) is 13.3. The Hall–Kier alpha value is -1.26. The topological polar surface area (TPSA) is 50.4 Å². The van der Waals surface area contributed by atoms with E-state index in [1.807, 2.05) is 24.3 Å². The third-order valence-electron chi connectivity index (χ3n) is 3.75. The molecule has 1 aromatic rings. The third-order valence-corrected chi connectivity index (χ3v) is 3.75. The lowest BCUT2D eigenvalue weighted by molar-refractivity contribution is -0.121. The summed E-state index contributed by atoms with van der Waals surface area (Å²) in [6.45, 7) is 4.50. The molecule has 0 aromatic heterocycles. The molecule has 1 unspecified atom stereocenters. The number of hydrogen-bond donors (Lipinski definition) is 2.